The van der Waals surface area contributed by atoms with Crippen molar-refractivity contribution >= 4 is 29.7 Å². The largest absolute Gasteiger partial charge is 0.469 e. The number of carbonyl (C=O) groups excluding carboxylic acids is 4. The molecule has 3 N–H and O–H groups in total. The van der Waals surface area contributed by atoms with Gasteiger partial charge < -0.3 is 29.5 Å². The molecule has 0 spiro atoms. The van der Waals surface area contributed by atoms with E-state index in [1.54, 1.807) is 36.7 Å². The normalized spacial score (nSPS) is 18.9. The summed E-state index contributed by atoms with van der Waals surface area (Å²) in [4.78, 5) is 67.4. The standard InChI is InChI=1S/C53H63F10N9O8/c1-50(2,52(58,59)60)38(19-45(75)78-5)47(76)68-71(24-37-39(54)16-31(17-40(37)55)41-13-14-70(67-41)26-44(56)57)25-43(74)32(18-42(73)46(66-49(77)79-6)51(3,4)53(61,62)63)15-29-7-9-30(10-8-29)33-20-64-48(65-21-33)69-22-34-11-12-35(23-69)72(34)36-27-80-28-36/h7-10,13-14,16-17,20-21,32,34-36,38,43-44,46,74H,11-12,15,18-19,22-28H2,1-6H3,(H,66,77)(H,68,76)/t32-,34?,35?,38-,43+,46-/m1/s1. The van der Waals surface area contributed by atoms with E-state index in [-0.39, 0.29) is 17.7 Å². The Kier molecular flexibility index (Phi) is 18.9. The van der Waals surface area contributed by atoms with Gasteiger partial charge >= 0.3 is 24.4 Å². The average Bonchev–Trinajstić information content (AvgIpc) is 3.95. The van der Waals surface area contributed by atoms with E-state index in [0.29, 0.717) is 73.5 Å². The number of anilines is 1. The molecule has 3 saturated heterocycles. The zero-order valence-corrected chi connectivity index (χ0v) is 44.6. The Balaban J connectivity index is 1.20. The minimum atomic E-state index is -5.15. The van der Waals surface area contributed by atoms with E-state index >= 15 is 8.78 Å². The second-order valence-corrected chi connectivity index (χ2v) is 21.5. The van der Waals surface area contributed by atoms with Crippen LogP contribution in [0.2, 0.25) is 0 Å². The number of ether oxygens (including phenoxy) is 3. The Labute approximate surface area is 454 Å². The van der Waals surface area contributed by atoms with E-state index < -0.39 is 127 Å². The minimum Gasteiger partial charge on any atom is -0.469 e. The van der Waals surface area contributed by atoms with E-state index in [1.165, 1.54) is 6.07 Å². The van der Waals surface area contributed by atoms with Gasteiger partial charge in [-0.05, 0) is 68.4 Å². The maximum atomic E-state index is 16.2. The van der Waals surface area contributed by atoms with Gasteiger partial charge in [0, 0.05) is 80.0 Å². The zero-order valence-electron chi connectivity index (χ0n) is 44.6. The van der Waals surface area contributed by atoms with Crippen molar-refractivity contribution in [3.63, 3.8) is 0 Å². The number of amides is 2. The van der Waals surface area contributed by atoms with E-state index in [0.717, 1.165) is 76.4 Å². The number of benzene rings is 2. The molecule has 4 aromatic rings. The van der Waals surface area contributed by atoms with Gasteiger partial charge in [0.2, 0.25) is 11.9 Å². The lowest BCUT2D eigenvalue weighted by Gasteiger charge is -2.47. The molecule has 2 bridgehead atoms. The minimum absolute atomic E-state index is 0.136. The molecule has 3 fully saturated rings. The molecule has 7 rings (SSSR count). The van der Waals surface area contributed by atoms with Crippen LogP contribution in [0.15, 0.2) is 61.1 Å². The van der Waals surface area contributed by atoms with Gasteiger partial charge in [-0.25, -0.2) is 37.3 Å². The fraction of sp³-hybridized carbons (Fsp3) is 0.566. The lowest BCUT2D eigenvalue weighted by atomic mass is 9.75. The monoisotopic (exact) mass is 1140 g/mol. The third-order valence-electron chi connectivity index (χ3n) is 15.5. The van der Waals surface area contributed by atoms with Crippen molar-refractivity contribution < 1.29 is 82.4 Å². The van der Waals surface area contributed by atoms with Crippen molar-refractivity contribution in [2.45, 2.75) is 122 Å². The molecule has 0 saturated carbocycles. The van der Waals surface area contributed by atoms with Crippen LogP contribution in [0.1, 0.15) is 64.5 Å². The summed E-state index contributed by atoms with van der Waals surface area (Å²) < 4.78 is 161. The van der Waals surface area contributed by atoms with Gasteiger partial charge in [0.1, 0.15) is 24.2 Å². The highest BCUT2D eigenvalue weighted by atomic mass is 19.4. The molecule has 3 aliphatic heterocycles. The molecule has 3 aliphatic rings. The number of alkyl halides is 8. The second kappa shape index (κ2) is 24.7. The van der Waals surface area contributed by atoms with Crippen molar-refractivity contribution in [2.24, 2.45) is 22.7 Å². The number of nitrogens with one attached hydrogen (secondary N) is 2. The summed E-state index contributed by atoms with van der Waals surface area (Å²) in [5.74, 6) is -9.99. The van der Waals surface area contributed by atoms with E-state index in [1.807, 2.05) is 5.32 Å². The van der Waals surface area contributed by atoms with Crippen LogP contribution in [0, 0.1) is 34.3 Å². The van der Waals surface area contributed by atoms with E-state index in [9.17, 15) is 59.4 Å². The number of hydrazine groups is 1. The van der Waals surface area contributed by atoms with Crippen molar-refractivity contribution in [1.29, 1.82) is 0 Å². The van der Waals surface area contributed by atoms with Crippen molar-refractivity contribution in [3.8, 4) is 22.4 Å². The maximum absolute atomic E-state index is 16.2. The summed E-state index contributed by atoms with van der Waals surface area (Å²) in [5, 5.41) is 18.7. The van der Waals surface area contributed by atoms with Gasteiger partial charge in [0.05, 0.1) is 68.4 Å². The first-order valence-corrected chi connectivity index (χ1v) is 25.6. The first-order valence-electron chi connectivity index (χ1n) is 25.6. The molecule has 5 heterocycles. The van der Waals surface area contributed by atoms with Crippen LogP contribution in [0.3, 0.4) is 0 Å². The predicted molar refractivity (Wildman–Crippen MR) is 267 cm³/mol. The number of hydrogen-bond acceptors (Lipinski definition) is 14. The average molecular weight is 1140 g/mol. The Morgan fingerprint density at radius 3 is 1.94 bits per heavy atom. The van der Waals surface area contributed by atoms with Crippen molar-refractivity contribution in [2.75, 3.05) is 52.0 Å². The molecule has 2 aromatic heterocycles. The van der Waals surface area contributed by atoms with Gasteiger partial charge in [-0.2, -0.15) is 31.4 Å². The lowest BCUT2D eigenvalue weighted by Crippen LogP contribution is -2.62. The molecule has 6 atom stereocenters. The molecule has 2 amide bonds. The molecular formula is C53H63F10N9O8. The first-order chi connectivity index (χ1) is 37.5. The fourth-order valence-electron chi connectivity index (χ4n) is 10.3. The van der Waals surface area contributed by atoms with Gasteiger partial charge in [0.15, 0.2) is 5.78 Å². The van der Waals surface area contributed by atoms with E-state index in [2.05, 4.69) is 39.8 Å². The molecule has 438 valence electrons. The number of halogens is 10. The first kappa shape index (κ1) is 61.2. The van der Waals surface area contributed by atoms with Gasteiger partial charge in [-0.3, -0.25) is 29.4 Å². The van der Waals surface area contributed by atoms with Crippen LogP contribution in [0.25, 0.3) is 22.4 Å². The third kappa shape index (κ3) is 14.0. The molecule has 27 heteroatoms. The summed E-state index contributed by atoms with van der Waals surface area (Å²) in [5.41, 5.74) is -3.45. The molecule has 2 unspecified atom stereocenters. The number of carbonyl (C=O) groups is 4. The number of hydrogen-bond donors (Lipinski definition) is 3. The number of nitrogens with zero attached hydrogens (tertiary/aromatic N) is 7. The Bertz CT molecular complexity index is 2780. The fourth-order valence-corrected chi connectivity index (χ4v) is 10.3. The third-order valence-corrected chi connectivity index (χ3v) is 15.5. The van der Waals surface area contributed by atoms with Crippen LogP contribution in [0.5, 0.6) is 0 Å². The molecule has 0 radical (unpaired) electrons. The number of alkyl carbamates (subject to hydrolysis) is 1. The van der Waals surface area contributed by atoms with Crippen molar-refractivity contribution in [3.05, 3.63) is 83.8 Å². The van der Waals surface area contributed by atoms with Crippen LogP contribution in [-0.4, -0.2) is 155 Å². The highest BCUT2D eigenvalue weighted by Crippen LogP contribution is 2.46. The SMILES string of the molecule is COC(=O)C[C@H](C(=O)NN(Cc1c(F)cc(-c2ccn(CC(F)F)n2)cc1F)C[C@H](O)[C@@H](CC(=O)[C@@H](NC(=O)OC)C(C)(C)C(F)(F)F)Cc1ccc(-c2cnc(N3CC4CCC(C3)N4C3COC3)nc2)cc1)C(C)(C)C(F)(F)F. The van der Waals surface area contributed by atoms with Crippen LogP contribution in [-0.2, 0) is 48.1 Å². The highest BCUT2D eigenvalue weighted by molar-refractivity contribution is 5.88. The smallest absolute Gasteiger partial charge is 0.407 e. The molecular weight excluding hydrogens is 1080 g/mol. The van der Waals surface area contributed by atoms with Gasteiger partial charge in [-0.15, -0.1) is 0 Å². The number of esters is 1. The van der Waals surface area contributed by atoms with Crippen LogP contribution in [0.4, 0.5) is 54.6 Å². The second-order valence-electron chi connectivity index (χ2n) is 21.5. The summed E-state index contributed by atoms with van der Waals surface area (Å²) in [6, 6.07) is 7.96. The summed E-state index contributed by atoms with van der Waals surface area (Å²) in [7, 11) is 1.71. The summed E-state index contributed by atoms with van der Waals surface area (Å²) in [6.45, 7) is 2.55. The quantitative estimate of drug-likeness (QED) is 0.0372. The Hall–Kier alpha value is -6.45. The Morgan fingerprint density at radius 1 is 0.812 bits per heavy atom. The number of aromatic nitrogens is 4. The van der Waals surface area contributed by atoms with Gasteiger partial charge in [-0.1, -0.05) is 38.1 Å². The van der Waals surface area contributed by atoms with Gasteiger partial charge in [0.25, 0.3) is 6.43 Å². The number of methoxy groups -OCH3 is 2. The number of fused-ring (bicyclic) bond motifs is 2. The molecule has 80 heavy (non-hydrogen) atoms. The summed E-state index contributed by atoms with van der Waals surface area (Å²) in [6.07, 6.45) is -12.4. The molecule has 2 aromatic carbocycles. The number of aliphatic hydroxyl groups is 1. The number of ketones is 1. The number of rotatable bonds is 23. The lowest BCUT2D eigenvalue weighted by molar-refractivity contribution is -0.231. The maximum Gasteiger partial charge on any atom is 0.407 e. The van der Waals surface area contributed by atoms with Crippen LogP contribution < -0.4 is 15.6 Å². The topological polar surface area (TPSA) is 194 Å². The predicted octanol–water partition coefficient (Wildman–Crippen LogP) is 7.70. The number of aliphatic hydroxyl groups excluding tert-OH is 1. The summed E-state index contributed by atoms with van der Waals surface area (Å²) >= 11 is 0. The van der Waals surface area contributed by atoms with Crippen molar-refractivity contribution in [1.82, 2.24) is 40.4 Å². The van der Waals surface area contributed by atoms with Crippen LogP contribution >= 0.6 is 0 Å². The molecule has 0 aliphatic carbocycles. The highest BCUT2D eigenvalue weighted by Gasteiger charge is 2.57. The number of Topliss-reactive ketones (excluding diaryl/α,β-unsaturated/α-hetero) is 1. The molecule has 17 nitrogen and oxygen atoms in total. The zero-order chi connectivity index (χ0) is 58.6. The Morgan fingerprint density at radius 2 is 1.41 bits per heavy atom. The number of piperazine rings is 1. The van der Waals surface area contributed by atoms with E-state index in [4.69, 9.17) is 4.74 Å².